The smallest absolute Gasteiger partial charge is 0.284 e. The van der Waals surface area contributed by atoms with Crippen molar-refractivity contribution in [2.24, 2.45) is 0 Å². The van der Waals surface area contributed by atoms with Crippen LogP contribution in [0.1, 0.15) is 0 Å². The Labute approximate surface area is 178 Å². The summed E-state index contributed by atoms with van der Waals surface area (Å²) in [6, 6.07) is 14.9. The van der Waals surface area contributed by atoms with E-state index in [0.29, 0.717) is 16.3 Å². The number of benzene rings is 3. The van der Waals surface area contributed by atoms with Crippen molar-refractivity contribution in [2.45, 2.75) is 4.90 Å². The number of ether oxygens (including phenoxy) is 1. The van der Waals surface area contributed by atoms with Gasteiger partial charge in [0.15, 0.2) is 5.75 Å². The molecule has 0 radical (unpaired) electrons. The van der Waals surface area contributed by atoms with Crippen LogP contribution in [0, 0.1) is 20.2 Å². The average molecular weight is 452 g/mol. The fourth-order valence-electron chi connectivity index (χ4n) is 2.28. The molecular weight excluding hydrogens is 441 g/mol. The van der Waals surface area contributed by atoms with Gasteiger partial charge >= 0.3 is 0 Å². The molecule has 148 valence electrons. The fourth-order valence-corrected chi connectivity index (χ4v) is 3.58. The van der Waals surface area contributed by atoms with Crippen molar-refractivity contribution in [1.29, 1.82) is 0 Å². The van der Waals surface area contributed by atoms with Crippen LogP contribution in [-0.2, 0) is 0 Å². The Morgan fingerprint density at radius 3 is 2.10 bits per heavy atom. The number of nitro groups is 2. The monoisotopic (exact) mass is 451 g/mol. The summed E-state index contributed by atoms with van der Waals surface area (Å²) in [7, 11) is 0. The summed E-state index contributed by atoms with van der Waals surface area (Å²) in [6.07, 6.45) is 0. The minimum absolute atomic E-state index is 0.0275. The standard InChI is InChI=1S/C18H11Cl2N3O5S/c19-14-9-11(21-29-17-4-2-1-3-16(17)23(26)27)10-15(20)18(14)28-13-7-5-12(6-8-13)22(24)25/h1-10,21H. The van der Waals surface area contributed by atoms with E-state index in [1.165, 1.54) is 30.3 Å². The molecule has 0 bridgehead atoms. The molecule has 0 saturated carbocycles. The first-order valence-electron chi connectivity index (χ1n) is 7.93. The third-order valence-corrected chi connectivity index (χ3v) is 5.07. The molecule has 8 nitrogen and oxygen atoms in total. The van der Waals surface area contributed by atoms with Crippen LogP contribution in [0.4, 0.5) is 17.1 Å². The van der Waals surface area contributed by atoms with Crippen molar-refractivity contribution < 1.29 is 14.6 Å². The highest BCUT2D eigenvalue weighted by molar-refractivity contribution is 8.00. The zero-order chi connectivity index (χ0) is 21.0. The minimum atomic E-state index is -0.515. The number of halogens is 2. The number of non-ortho nitro benzene ring substituents is 1. The van der Waals surface area contributed by atoms with E-state index >= 15 is 0 Å². The van der Waals surface area contributed by atoms with E-state index < -0.39 is 9.85 Å². The minimum Gasteiger partial charge on any atom is -0.454 e. The van der Waals surface area contributed by atoms with Crippen molar-refractivity contribution in [3.05, 3.63) is 90.9 Å². The highest BCUT2D eigenvalue weighted by atomic mass is 35.5. The second-order valence-electron chi connectivity index (χ2n) is 5.55. The summed E-state index contributed by atoms with van der Waals surface area (Å²) in [6.45, 7) is 0. The molecule has 0 unspecified atom stereocenters. The average Bonchev–Trinajstić information content (AvgIpc) is 2.69. The van der Waals surface area contributed by atoms with Gasteiger partial charge in [0, 0.05) is 23.9 Å². The molecule has 0 fully saturated rings. The normalized spacial score (nSPS) is 10.4. The maximum atomic E-state index is 11.1. The molecule has 1 N–H and O–H groups in total. The molecule has 0 saturated heterocycles. The Morgan fingerprint density at radius 2 is 1.52 bits per heavy atom. The number of anilines is 1. The van der Waals surface area contributed by atoms with Gasteiger partial charge in [0.2, 0.25) is 0 Å². The Balaban J connectivity index is 1.76. The van der Waals surface area contributed by atoms with E-state index in [1.807, 2.05) is 0 Å². The fraction of sp³-hybridized carbons (Fsp3) is 0. The zero-order valence-corrected chi connectivity index (χ0v) is 16.7. The van der Waals surface area contributed by atoms with Crippen LogP contribution in [0.25, 0.3) is 0 Å². The Bertz CT molecular complexity index is 1060. The molecule has 3 rings (SSSR count). The van der Waals surface area contributed by atoms with E-state index in [9.17, 15) is 20.2 Å². The highest BCUT2D eigenvalue weighted by Crippen LogP contribution is 2.40. The molecule has 0 amide bonds. The highest BCUT2D eigenvalue weighted by Gasteiger charge is 2.15. The number of nitrogens with one attached hydrogen (secondary N) is 1. The predicted molar refractivity (Wildman–Crippen MR) is 112 cm³/mol. The number of rotatable bonds is 7. The summed E-state index contributed by atoms with van der Waals surface area (Å²) in [5, 5.41) is 22.2. The molecule has 0 aromatic heterocycles. The molecular formula is C18H11Cl2N3O5S. The molecule has 11 heteroatoms. The van der Waals surface area contributed by atoms with Crippen LogP contribution in [0.2, 0.25) is 10.0 Å². The lowest BCUT2D eigenvalue weighted by molar-refractivity contribution is -0.387. The lowest BCUT2D eigenvalue weighted by Gasteiger charge is -2.12. The SMILES string of the molecule is O=[N+]([O-])c1ccc(Oc2c(Cl)cc(NSc3ccccc3[N+](=O)[O-])cc2Cl)cc1. The van der Waals surface area contributed by atoms with Gasteiger partial charge in [0.1, 0.15) is 10.6 Å². The summed E-state index contributed by atoms with van der Waals surface area (Å²) in [5.74, 6) is 0.512. The molecule has 0 aliphatic heterocycles. The number of nitrogens with zero attached hydrogens (tertiary/aromatic N) is 2. The van der Waals surface area contributed by atoms with Crippen molar-refractivity contribution in [2.75, 3.05) is 4.72 Å². The van der Waals surface area contributed by atoms with Gasteiger partial charge in [-0.25, -0.2) is 0 Å². The lowest BCUT2D eigenvalue weighted by atomic mass is 10.3. The number of hydrogen-bond acceptors (Lipinski definition) is 7. The van der Waals surface area contributed by atoms with Crippen molar-refractivity contribution in [1.82, 2.24) is 0 Å². The third-order valence-electron chi connectivity index (χ3n) is 3.61. The molecule has 3 aromatic rings. The van der Waals surface area contributed by atoms with Crippen LogP contribution in [-0.4, -0.2) is 9.85 Å². The first-order valence-corrected chi connectivity index (χ1v) is 9.50. The predicted octanol–water partition coefficient (Wildman–Crippen LogP) is 6.72. The van der Waals surface area contributed by atoms with Crippen molar-refractivity contribution in [3.8, 4) is 11.5 Å². The Kier molecular flexibility index (Phi) is 6.42. The van der Waals surface area contributed by atoms with E-state index in [4.69, 9.17) is 27.9 Å². The summed E-state index contributed by atoms with van der Waals surface area (Å²) in [5.41, 5.74) is 0.417. The lowest BCUT2D eigenvalue weighted by Crippen LogP contribution is -1.94. The van der Waals surface area contributed by atoms with Gasteiger partial charge in [-0.1, -0.05) is 35.3 Å². The van der Waals surface area contributed by atoms with Crippen molar-refractivity contribution >= 4 is 52.2 Å². The van der Waals surface area contributed by atoms with E-state index in [1.54, 1.807) is 30.3 Å². The van der Waals surface area contributed by atoms with Crippen molar-refractivity contribution in [3.63, 3.8) is 0 Å². The number of para-hydroxylation sites is 1. The van der Waals surface area contributed by atoms with Gasteiger partial charge < -0.3 is 9.46 Å². The number of hydrogen-bond donors (Lipinski definition) is 1. The van der Waals surface area contributed by atoms with E-state index in [2.05, 4.69) is 4.72 Å². The first kappa shape index (κ1) is 20.7. The van der Waals surface area contributed by atoms with Gasteiger partial charge in [-0.2, -0.15) is 0 Å². The Morgan fingerprint density at radius 1 is 0.897 bits per heavy atom. The molecule has 0 aliphatic carbocycles. The largest absolute Gasteiger partial charge is 0.454 e. The molecule has 3 aromatic carbocycles. The molecule has 29 heavy (non-hydrogen) atoms. The Hall–Kier alpha value is -3.01. The molecule has 0 aliphatic rings. The van der Waals surface area contributed by atoms with Crippen LogP contribution < -0.4 is 9.46 Å². The maximum Gasteiger partial charge on any atom is 0.284 e. The number of nitro benzene ring substituents is 2. The van der Waals surface area contributed by atoms with E-state index in [0.717, 1.165) is 11.9 Å². The zero-order valence-electron chi connectivity index (χ0n) is 14.4. The van der Waals surface area contributed by atoms with Gasteiger partial charge in [0.05, 0.1) is 19.9 Å². The van der Waals surface area contributed by atoms with E-state index in [-0.39, 0.29) is 27.2 Å². The second kappa shape index (κ2) is 8.99. The topological polar surface area (TPSA) is 108 Å². The first-order chi connectivity index (χ1) is 13.8. The summed E-state index contributed by atoms with van der Waals surface area (Å²) in [4.78, 5) is 21.2. The van der Waals surface area contributed by atoms with Crippen LogP contribution in [0.3, 0.4) is 0 Å². The maximum absolute atomic E-state index is 11.1. The van der Waals surface area contributed by atoms with Crippen LogP contribution in [0.5, 0.6) is 11.5 Å². The molecule has 0 spiro atoms. The third kappa shape index (κ3) is 5.08. The van der Waals surface area contributed by atoms with Crippen LogP contribution in [0.15, 0.2) is 65.6 Å². The second-order valence-corrected chi connectivity index (χ2v) is 7.21. The van der Waals surface area contributed by atoms with Gasteiger partial charge in [0.25, 0.3) is 11.4 Å². The summed E-state index contributed by atoms with van der Waals surface area (Å²) < 4.78 is 8.59. The van der Waals surface area contributed by atoms with Gasteiger partial charge in [-0.3, -0.25) is 20.2 Å². The molecule has 0 atom stereocenters. The van der Waals surface area contributed by atoms with Gasteiger partial charge in [-0.15, -0.1) is 0 Å². The quantitative estimate of drug-likeness (QED) is 0.241. The summed E-state index contributed by atoms with van der Waals surface area (Å²) >= 11 is 13.6. The van der Waals surface area contributed by atoms with Gasteiger partial charge in [-0.05, 0) is 42.3 Å². The van der Waals surface area contributed by atoms with Crippen LogP contribution >= 0.6 is 35.1 Å². The molecule has 0 heterocycles.